The Hall–Kier alpha value is -3.42. The van der Waals surface area contributed by atoms with Crippen LogP contribution in [0.2, 0.25) is 0 Å². The first-order chi connectivity index (χ1) is 12.5. The second-order valence-corrected chi connectivity index (χ2v) is 5.67. The highest BCUT2D eigenvalue weighted by Gasteiger charge is 2.28. The summed E-state index contributed by atoms with van der Waals surface area (Å²) in [6, 6.07) is 3.46. The van der Waals surface area contributed by atoms with Crippen molar-refractivity contribution in [2.24, 2.45) is 0 Å². The summed E-state index contributed by atoms with van der Waals surface area (Å²) in [5, 5.41) is 2.72. The van der Waals surface area contributed by atoms with Gasteiger partial charge in [0.15, 0.2) is 0 Å². The van der Waals surface area contributed by atoms with Crippen molar-refractivity contribution >= 4 is 35.2 Å². The van der Waals surface area contributed by atoms with Crippen molar-refractivity contribution in [3.63, 3.8) is 0 Å². The van der Waals surface area contributed by atoms with E-state index in [4.69, 9.17) is 4.74 Å². The summed E-state index contributed by atoms with van der Waals surface area (Å²) in [7, 11) is 2.53. The molecule has 0 aliphatic carbocycles. The number of carbonyl (C=O) groups is 3. The number of H-pyrrole nitrogens is 1. The molecule has 0 saturated heterocycles. The molecule has 3 rings (SSSR count). The number of nitrogens with one attached hydrogen (secondary N) is 2. The SMILES string of the molecule is COC(=O)Cc1c(C)[nH]c(C=C2C(=O)Nc3cccnc32)c1C(=O)OC. The van der Waals surface area contributed by atoms with Gasteiger partial charge in [0.25, 0.3) is 5.91 Å². The number of carbonyl (C=O) groups excluding carboxylic acids is 3. The number of aromatic amines is 1. The van der Waals surface area contributed by atoms with Crippen LogP contribution < -0.4 is 5.32 Å². The molecule has 3 heterocycles. The molecule has 8 heteroatoms. The van der Waals surface area contributed by atoms with Gasteiger partial charge in [0.2, 0.25) is 0 Å². The van der Waals surface area contributed by atoms with Crippen molar-refractivity contribution in [1.82, 2.24) is 9.97 Å². The van der Waals surface area contributed by atoms with Crippen LogP contribution in [0.3, 0.4) is 0 Å². The fourth-order valence-electron chi connectivity index (χ4n) is 2.87. The normalized spacial score (nSPS) is 14.1. The van der Waals surface area contributed by atoms with Crippen LogP contribution in [0.5, 0.6) is 0 Å². The molecule has 0 bridgehead atoms. The summed E-state index contributed by atoms with van der Waals surface area (Å²) in [5.74, 6) is -1.42. The Labute approximate surface area is 149 Å². The van der Waals surface area contributed by atoms with Crippen LogP contribution in [0.25, 0.3) is 11.6 Å². The van der Waals surface area contributed by atoms with Gasteiger partial charge in [-0.15, -0.1) is 0 Å². The lowest BCUT2D eigenvalue weighted by atomic mass is 10.0. The standard InChI is InChI=1S/C18H17N3O5/c1-9-10(8-14(22)25-2)15(18(24)26-3)13(20-9)7-11-16-12(21-17(11)23)5-4-6-19-16/h4-7,20H,8H2,1-3H3,(H,21,23). The molecular weight excluding hydrogens is 338 g/mol. The lowest BCUT2D eigenvalue weighted by Crippen LogP contribution is -2.11. The molecule has 0 unspecified atom stereocenters. The number of aromatic nitrogens is 2. The van der Waals surface area contributed by atoms with Crippen LogP contribution >= 0.6 is 0 Å². The van der Waals surface area contributed by atoms with E-state index in [1.165, 1.54) is 20.3 Å². The Morgan fingerprint density at radius 1 is 1.27 bits per heavy atom. The molecule has 0 spiro atoms. The number of ether oxygens (including phenoxy) is 2. The number of pyridine rings is 1. The fraction of sp³-hybridized carbons (Fsp3) is 0.222. The number of nitrogens with zero attached hydrogens (tertiary/aromatic N) is 1. The van der Waals surface area contributed by atoms with Crippen LogP contribution in [0.4, 0.5) is 5.69 Å². The van der Waals surface area contributed by atoms with Gasteiger partial charge in [0, 0.05) is 11.9 Å². The van der Waals surface area contributed by atoms with Crippen LogP contribution in [0, 0.1) is 6.92 Å². The van der Waals surface area contributed by atoms with Gasteiger partial charge in [-0.05, 0) is 30.7 Å². The summed E-state index contributed by atoms with van der Waals surface area (Å²) < 4.78 is 9.54. The van der Waals surface area contributed by atoms with E-state index in [-0.39, 0.29) is 17.9 Å². The van der Waals surface area contributed by atoms with Gasteiger partial charge in [0.1, 0.15) is 0 Å². The zero-order chi connectivity index (χ0) is 18.8. The van der Waals surface area contributed by atoms with E-state index in [2.05, 4.69) is 20.0 Å². The molecular formula is C18H17N3O5. The average molecular weight is 355 g/mol. The molecule has 134 valence electrons. The maximum Gasteiger partial charge on any atom is 0.340 e. The van der Waals surface area contributed by atoms with E-state index >= 15 is 0 Å². The number of esters is 2. The summed E-state index contributed by atoms with van der Waals surface area (Å²) in [6.07, 6.45) is 3.03. The lowest BCUT2D eigenvalue weighted by Gasteiger charge is -2.04. The van der Waals surface area contributed by atoms with Crippen LogP contribution in [-0.2, 0) is 25.5 Å². The van der Waals surface area contributed by atoms with Crippen molar-refractivity contribution in [1.29, 1.82) is 0 Å². The number of rotatable bonds is 4. The highest BCUT2D eigenvalue weighted by Crippen LogP contribution is 2.32. The molecule has 2 aromatic heterocycles. The molecule has 0 atom stereocenters. The predicted molar refractivity (Wildman–Crippen MR) is 93.3 cm³/mol. The molecule has 2 aromatic rings. The van der Waals surface area contributed by atoms with Crippen LogP contribution in [0.1, 0.15) is 33.0 Å². The maximum atomic E-state index is 12.3. The smallest absolute Gasteiger partial charge is 0.340 e. The number of fused-ring (bicyclic) bond motifs is 1. The van der Waals surface area contributed by atoms with E-state index in [9.17, 15) is 14.4 Å². The Morgan fingerprint density at radius 2 is 2.04 bits per heavy atom. The van der Waals surface area contributed by atoms with Crippen molar-refractivity contribution in [2.75, 3.05) is 19.5 Å². The number of methoxy groups -OCH3 is 2. The minimum absolute atomic E-state index is 0.0898. The first-order valence-corrected chi connectivity index (χ1v) is 7.81. The number of anilines is 1. The monoisotopic (exact) mass is 355 g/mol. The Bertz CT molecular complexity index is 942. The summed E-state index contributed by atoms with van der Waals surface area (Å²) in [6.45, 7) is 1.73. The summed E-state index contributed by atoms with van der Waals surface area (Å²) in [5.41, 5.74) is 3.06. The van der Waals surface area contributed by atoms with E-state index in [0.717, 1.165) is 0 Å². The van der Waals surface area contributed by atoms with E-state index < -0.39 is 11.9 Å². The second kappa shape index (κ2) is 6.83. The first kappa shape index (κ1) is 17.4. The highest BCUT2D eigenvalue weighted by molar-refractivity contribution is 6.34. The van der Waals surface area contributed by atoms with E-state index in [0.29, 0.717) is 33.9 Å². The molecule has 0 saturated carbocycles. The first-order valence-electron chi connectivity index (χ1n) is 7.81. The highest BCUT2D eigenvalue weighted by atomic mass is 16.5. The van der Waals surface area contributed by atoms with Gasteiger partial charge in [-0.2, -0.15) is 0 Å². The molecule has 0 radical (unpaired) electrons. The Morgan fingerprint density at radius 3 is 2.73 bits per heavy atom. The number of amides is 1. The van der Waals surface area contributed by atoms with E-state index in [1.54, 1.807) is 25.3 Å². The average Bonchev–Trinajstić information content (AvgIpc) is 3.11. The largest absolute Gasteiger partial charge is 0.469 e. The zero-order valence-electron chi connectivity index (χ0n) is 14.5. The van der Waals surface area contributed by atoms with Gasteiger partial charge in [-0.1, -0.05) is 0 Å². The van der Waals surface area contributed by atoms with Gasteiger partial charge >= 0.3 is 11.9 Å². The minimum Gasteiger partial charge on any atom is -0.469 e. The molecule has 0 aromatic carbocycles. The van der Waals surface area contributed by atoms with Crippen molar-refractivity contribution in [3.8, 4) is 0 Å². The van der Waals surface area contributed by atoms with Crippen LogP contribution in [-0.4, -0.2) is 42.0 Å². The topological polar surface area (TPSA) is 110 Å². The van der Waals surface area contributed by atoms with Gasteiger partial charge < -0.3 is 19.8 Å². The molecule has 26 heavy (non-hydrogen) atoms. The van der Waals surface area contributed by atoms with E-state index in [1.807, 2.05) is 0 Å². The third kappa shape index (κ3) is 2.97. The fourth-order valence-corrected chi connectivity index (χ4v) is 2.87. The Kier molecular flexibility index (Phi) is 4.57. The molecule has 1 aliphatic heterocycles. The lowest BCUT2D eigenvalue weighted by molar-refractivity contribution is -0.139. The maximum absolute atomic E-state index is 12.3. The summed E-state index contributed by atoms with van der Waals surface area (Å²) in [4.78, 5) is 43.5. The molecule has 1 aliphatic rings. The molecule has 0 fully saturated rings. The van der Waals surface area contributed by atoms with Gasteiger partial charge in [0.05, 0.1) is 48.9 Å². The zero-order valence-corrected chi connectivity index (χ0v) is 14.5. The molecule has 8 nitrogen and oxygen atoms in total. The molecule has 1 amide bonds. The number of hydrogen-bond acceptors (Lipinski definition) is 6. The summed E-state index contributed by atoms with van der Waals surface area (Å²) >= 11 is 0. The third-order valence-corrected chi connectivity index (χ3v) is 4.13. The Balaban J connectivity index is 2.14. The van der Waals surface area contributed by atoms with Crippen molar-refractivity contribution in [3.05, 3.63) is 46.5 Å². The third-order valence-electron chi connectivity index (χ3n) is 4.13. The second-order valence-electron chi connectivity index (χ2n) is 5.67. The number of aryl methyl sites for hydroxylation is 1. The quantitative estimate of drug-likeness (QED) is 0.638. The minimum atomic E-state index is -0.611. The van der Waals surface area contributed by atoms with Gasteiger partial charge in [-0.3, -0.25) is 14.6 Å². The van der Waals surface area contributed by atoms with Crippen LogP contribution in [0.15, 0.2) is 18.3 Å². The molecule has 2 N–H and O–H groups in total. The van der Waals surface area contributed by atoms with Crippen molar-refractivity contribution < 1.29 is 23.9 Å². The van der Waals surface area contributed by atoms with Crippen molar-refractivity contribution in [2.45, 2.75) is 13.3 Å². The predicted octanol–water partition coefficient (Wildman–Crippen LogP) is 1.71. The van der Waals surface area contributed by atoms with Gasteiger partial charge in [-0.25, -0.2) is 4.79 Å². The number of hydrogen-bond donors (Lipinski definition) is 2.